The van der Waals surface area contributed by atoms with Crippen molar-refractivity contribution in [3.8, 4) is 6.07 Å². The zero-order valence-electron chi connectivity index (χ0n) is 15.1. The van der Waals surface area contributed by atoms with Crippen LogP contribution < -0.4 is 5.32 Å². The maximum Gasteiger partial charge on any atom is 0.264 e. The molecule has 5 heteroatoms. The molecule has 1 amide bonds. The van der Waals surface area contributed by atoms with Crippen LogP contribution in [0.25, 0.3) is 0 Å². The molecule has 0 aromatic heterocycles. The van der Waals surface area contributed by atoms with Gasteiger partial charge >= 0.3 is 0 Å². The molecule has 2 unspecified atom stereocenters. The number of fused-ring (bicyclic) bond motifs is 1. The highest BCUT2D eigenvalue weighted by molar-refractivity contribution is 8.00. The van der Waals surface area contributed by atoms with E-state index in [9.17, 15) is 10.1 Å². The molecule has 0 saturated heterocycles. The minimum Gasteiger partial charge on any atom is -0.369 e. The van der Waals surface area contributed by atoms with Crippen molar-refractivity contribution in [3.63, 3.8) is 0 Å². The van der Waals surface area contributed by atoms with Gasteiger partial charge < -0.3 is 10.2 Å². The van der Waals surface area contributed by atoms with Crippen molar-refractivity contribution in [1.82, 2.24) is 4.90 Å². The van der Waals surface area contributed by atoms with Crippen molar-refractivity contribution in [1.29, 1.82) is 5.26 Å². The molecule has 2 aliphatic heterocycles. The summed E-state index contributed by atoms with van der Waals surface area (Å²) in [5.74, 6) is -0.194. The largest absolute Gasteiger partial charge is 0.369 e. The fourth-order valence-corrected chi connectivity index (χ4v) is 4.73. The lowest BCUT2D eigenvalue weighted by atomic mass is 9.91. The molecule has 2 atom stereocenters. The highest BCUT2D eigenvalue weighted by Crippen LogP contribution is 2.39. The molecular weight excluding hydrogens is 354 g/mol. The predicted molar refractivity (Wildman–Crippen MR) is 109 cm³/mol. The van der Waals surface area contributed by atoms with E-state index >= 15 is 0 Å². The molecule has 1 aromatic rings. The summed E-state index contributed by atoms with van der Waals surface area (Å²) in [5.41, 5.74) is 3.66. The number of anilines is 1. The number of benzene rings is 1. The summed E-state index contributed by atoms with van der Waals surface area (Å²) < 4.78 is 0. The van der Waals surface area contributed by atoms with Gasteiger partial charge in [-0.1, -0.05) is 53.8 Å². The first-order valence-corrected chi connectivity index (χ1v) is 9.91. The summed E-state index contributed by atoms with van der Waals surface area (Å²) in [6.07, 6.45) is 12.8. The van der Waals surface area contributed by atoms with Gasteiger partial charge in [-0.05, 0) is 37.1 Å². The zero-order chi connectivity index (χ0) is 18.8. The van der Waals surface area contributed by atoms with Crippen LogP contribution in [0.15, 0.2) is 76.3 Å². The summed E-state index contributed by atoms with van der Waals surface area (Å²) in [6.45, 7) is 2.66. The lowest BCUT2D eigenvalue weighted by Gasteiger charge is -2.35. The van der Waals surface area contributed by atoms with Gasteiger partial charge in [0.2, 0.25) is 0 Å². The number of hydrogen-bond acceptors (Lipinski definition) is 4. The number of nitrogens with zero attached hydrogens (tertiary/aromatic N) is 2. The molecule has 27 heavy (non-hydrogen) atoms. The first-order chi connectivity index (χ1) is 13.2. The molecule has 0 spiro atoms. The summed E-state index contributed by atoms with van der Waals surface area (Å²) in [5, 5.41) is 12.9. The molecule has 0 bridgehead atoms. The van der Waals surface area contributed by atoms with Crippen molar-refractivity contribution < 1.29 is 4.79 Å². The van der Waals surface area contributed by atoms with Crippen molar-refractivity contribution >= 4 is 23.4 Å². The van der Waals surface area contributed by atoms with Gasteiger partial charge in [0.25, 0.3) is 5.91 Å². The highest BCUT2D eigenvalue weighted by Gasteiger charge is 2.31. The number of carbonyl (C=O) groups is 1. The minimum absolute atomic E-state index is 0.0493. The Morgan fingerprint density at radius 2 is 2.19 bits per heavy atom. The van der Waals surface area contributed by atoms with Crippen LogP contribution in [0.4, 0.5) is 5.69 Å². The molecule has 4 rings (SSSR count). The summed E-state index contributed by atoms with van der Waals surface area (Å²) in [4.78, 5) is 16.0. The standard InChI is InChI=1S/C22H20N3OS/c1-15-18-8-4-2-3-7-16(18)11-12-25(15)22(26)17(14-23)13-21-24-19-9-5-6-10-20(19)27-21/h2-10,13,15,21,24H,11-12H2,1H3/b17-13+. The number of nitriles is 1. The van der Waals surface area contributed by atoms with Crippen molar-refractivity contribution in [3.05, 3.63) is 77.8 Å². The van der Waals surface area contributed by atoms with Gasteiger partial charge in [0.15, 0.2) is 0 Å². The molecule has 0 fully saturated rings. The van der Waals surface area contributed by atoms with E-state index in [1.165, 1.54) is 5.57 Å². The van der Waals surface area contributed by atoms with Gasteiger partial charge in [-0.2, -0.15) is 5.26 Å². The molecule has 1 N–H and O–H groups in total. The van der Waals surface area contributed by atoms with Gasteiger partial charge in [0.05, 0.1) is 11.4 Å². The quantitative estimate of drug-likeness (QED) is 0.622. The van der Waals surface area contributed by atoms with Crippen molar-refractivity contribution in [2.24, 2.45) is 0 Å². The van der Waals surface area contributed by atoms with Crippen LogP contribution in [0.2, 0.25) is 0 Å². The fraction of sp³-hybridized carbons (Fsp3) is 0.227. The Morgan fingerprint density at radius 1 is 1.33 bits per heavy atom. The Morgan fingerprint density at radius 3 is 3.00 bits per heavy atom. The number of nitrogens with one attached hydrogen (secondary N) is 1. The first kappa shape index (κ1) is 17.7. The van der Waals surface area contributed by atoms with E-state index in [1.54, 1.807) is 17.8 Å². The van der Waals surface area contributed by atoms with E-state index in [0.29, 0.717) is 6.54 Å². The van der Waals surface area contributed by atoms with Crippen molar-refractivity contribution in [2.45, 2.75) is 29.7 Å². The molecule has 1 aliphatic carbocycles. The van der Waals surface area contributed by atoms with Crippen molar-refractivity contribution in [2.75, 3.05) is 11.9 Å². The monoisotopic (exact) mass is 374 g/mol. The van der Waals surface area contributed by atoms with Crippen LogP contribution in [0.1, 0.15) is 13.3 Å². The smallest absolute Gasteiger partial charge is 0.264 e. The van der Waals surface area contributed by atoms with E-state index in [0.717, 1.165) is 22.6 Å². The molecule has 2 heterocycles. The Bertz CT molecular complexity index is 910. The molecule has 1 aromatic carbocycles. The topological polar surface area (TPSA) is 56.1 Å². The van der Waals surface area contributed by atoms with Crippen LogP contribution in [0, 0.1) is 17.8 Å². The summed E-state index contributed by atoms with van der Waals surface area (Å²) in [6, 6.07) is 10.1. The number of para-hydroxylation sites is 1. The fourth-order valence-electron chi connectivity index (χ4n) is 3.66. The SMILES string of the molecule is CC1C2=C([CH]C=CC=C2)CCN1C(=O)/C(C#N)=C/C1Nc2ccccc2S1. The predicted octanol–water partition coefficient (Wildman–Crippen LogP) is 4.23. The van der Waals surface area contributed by atoms with Gasteiger partial charge in [-0.25, -0.2) is 0 Å². The lowest BCUT2D eigenvalue weighted by Crippen LogP contribution is -2.44. The van der Waals surface area contributed by atoms with E-state index in [1.807, 2.05) is 54.3 Å². The Kier molecular flexibility index (Phi) is 4.91. The maximum absolute atomic E-state index is 13.1. The summed E-state index contributed by atoms with van der Waals surface area (Å²) >= 11 is 1.62. The third kappa shape index (κ3) is 3.45. The molecule has 135 valence electrons. The van der Waals surface area contributed by atoms with Crippen LogP contribution >= 0.6 is 11.8 Å². The lowest BCUT2D eigenvalue weighted by molar-refractivity contribution is -0.128. The molecule has 3 aliphatic rings. The number of amides is 1. The highest BCUT2D eigenvalue weighted by atomic mass is 32.2. The third-order valence-electron chi connectivity index (χ3n) is 5.07. The van der Waals surface area contributed by atoms with Crippen LogP contribution in [0.5, 0.6) is 0 Å². The number of thioether (sulfide) groups is 1. The van der Waals surface area contributed by atoms with E-state index in [-0.39, 0.29) is 22.9 Å². The Labute approximate surface area is 163 Å². The Hall–Kier alpha value is -2.71. The van der Waals surface area contributed by atoms with E-state index in [2.05, 4.69) is 23.9 Å². The number of allylic oxidation sites excluding steroid dienone is 3. The second-order valence-electron chi connectivity index (χ2n) is 6.69. The van der Waals surface area contributed by atoms with E-state index in [4.69, 9.17) is 0 Å². The van der Waals surface area contributed by atoms with Gasteiger partial charge in [0.1, 0.15) is 11.6 Å². The number of hydrogen-bond donors (Lipinski definition) is 1. The molecule has 1 radical (unpaired) electrons. The first-order valence-electron chi connectivity index (χ1n) is 9.03. The zero-order valence-corrected chi connectivity index (χ0v) is 15.9. The summed E-state index contributed by atoms with van der Waals surface area (Å²) in [7, 11) is 0. The second kappa shape index (κ2) is 7.50. The number of carbonyl (C=O) groups excluding carboxylic acids is 1. The van der Waals surface area contributed by atoms with Crippen LogP contribution in [-0.4, -0.2) is 28.8 Å². The van der Waals surface area contributed by atoms with Crippen LogP contribution in [-0.2, 0) is 4.79 Å². The average Bonchev–Trinajstić information content (AvgIpc) is 2.93. The normalized spacial score (nSPS) is 24.0. The Balaban J connectivity index is 1.53. The van der Waals surface area contributed by atoms with E-state index < -0.39 is 0 Å². The second-order valence-corrected chi connectivity index (χ2v) is 7.87. The van der Waals surface area contributed by atoms with Crippen LogP contribution in [0.3, 0.4) is 0 Å². The maximum atomic E-state index is 13.1. The molecular formula is C22H20N3OS. The van der Waals surface area contributed by atoms with Gasteiger partial charge in [-0.3, -0.25) is 4.79 Å². The average molecular weight is 374 g/mol. The third-order valence-corrected chi connectivity index (χ3v) is 6.19. The molecule has 0 saturated carbocycles. The van der Waals surface area contributed by atoms with Gasteiger partial charge in [-0.15, -0.1) is 0 Å². The minimum atomic E-state index is -0.194. The molecule has 4 nitrogen and oxygen atoms in total. The van der Waals surface area contributed by atoms with Gasteiger partial charge in [0, 0.05) is 23.5 Å². The number of rotatable bonds is 2.